The standard InChI is InChI=1S/C12H14F2N2/c13-9-1-2-10(14)8(3-9)4-11-5-12(6-11,7-11)16-15/h1-3,16H,4-7,15H2. The van der Waals surface area contributed by atoms with Crippen molar-refractivity contribution < 1.29 is 8.78 Å². The lowest BCUT2D eigenvalue weighted by molar-refractivity contribution is -0.154. The van der Waals surface area contributed by atoms with Gasteiger partial charge in [-0.3, -0.25) is 11.3 Å². The fourth-order valence-corrected chi connectivity index (χ4v) is 3.42. The van der Waals surface area contributed by atoms with E-state index in [9.17, 15) is 8.78 Å². The third kappa shape index (κ3) is 1.30. The highest BCUT2D eigenvalue weighted by atomic mass is 19.1. The lowest BCUT2D eigenvalue weighted by atomic mass is 9.38. The molecule has 0 unspecified atom stereocenters. The van der Waals surface area contributed by atoms with E-state index >= 15 is 0 Å². The van der Waals surface area contributed by atoms with Crippen LogP contribution in [0.1, 0.15) is 24.8 Å². The molecule has 0 atom stereocenters. The number of rotatable bonds is 3. The van der Waals surface area contributed by atoms with Crippen LogP contribution in [0, 0.1) is 17.0 Å². The molecule has 3 saturated carbocycles. The SMILES string of the molecule is NNC12CC(Cc3cc(F)ccc3F)(C1)C2. The Hall–Kier alpha value is -1.00. The molecule has 0 amide bonds. The van der Waals surface area contributed by atoms with E-state index in [0.29, 0.717) is 12.0 Å². The summed E-state index contributed by atoms with van der Waals surface area (Å²) in [5.41, 5.74) is 3.57. The number of halogens is 2. The van der Waals surface area contributed by atoms with Crippen LogP contribution >= 0.6 is 0 Å². The quantitative estimate of drug-likeness (QED) is 0.608. The Morgan fingerprint density at radius 1 is 1.25 bits per heavy atom. The van der Waals surface area contributed by atoms with E-state index in [1.165, 1.54) is 12.1 Å². The van der Waals surface area contributed by atoms with Gasteiger partial charge in [0.1, 0.15) is 11.6 Å². The van der Waals surface area contributed by atoms with E-state index < -0.39 is 0 Å². The fourth-order valence-electron chi connectivity index (χ4n) is 3.42. The summed E-state index contributed by atoms with van der Waals surface area (Å²) in [6, 6.07) is 3.66. The molecule has 3 N–H and O–H groups in total. The first kappa shape index (κ1) is 10.2. The molecule has 1 aromatic carbocycles. The monoisotopic (exact) mass is 224 g/mol. The highest BCUT2D eigenvalue weighted by Crippen LogP contribution is 2.68. The van der Waals surface area contributed by atoms with Crippen LogP contribution in [0.3, 0.4) is 0 Å². The summed E-state index contributed by atoms with van der Waals surface area (Å²) in [4.78, 5) is 0. The van der Waals surface area contributed by atoms with E-state index in [1.807, 2.05) is 0 Å². The van der Waals surface area contributed by atoms with Gasteiger partial charge in [0, 0.05) is 5.54 Å². The second-order valence-corrected chi connectivity index (χ2v) is 5.37. The Bertz CT molecular complexity index is 425. The molecule has 0 saturated heterocycles. The Kier molecular flexibility index (Phi) is 1.92. The zero-order valence-corrected chi connectivity index (χ0v) is 8.89. The predicted octanol–water partition coefficient (Wildman–Crippen LogP) is 1.89. The van der Waals surface area contributed by atoms with E-state index in [4.69, 9.17) is 5.84 Å². The molecule has 4 rings (SSSR count). The number of nitrogens with two attached hydrogens (primary N) is 1. The summed E-state index contributed by atoms with van der Waals surface area (Å²) < 4.78 is 26.4. The maximum Gasteiger partial charge on any atom is 0.126 e. The molecule has 3 aliphatic rings. The van der Waals surface area contributed by atoms with Gasteiger partial charge in [0.05, 0.1) is 0 Å². The third-order valence-corrected chi connectivity index (χ3v) is 4.02. The predicted molar refractivity (Wildman–Crippen MR) is 56.4 cm³/mol. The molecule has 0 heterocycles. The molecule has 0 spiro atoms. The highest BCUT2D eigenvalue weighted by molar-refractivity contribution is 5.29. The van der Waals surface area contributed by atoms with E-state index in [-0.39, 0.29) is 22.6 Å². The van der Waals surface area contributed by atoms with Crippen molar-refractivity contribution in [3.05, 3.63) is 35.4 Å². The molecule has 2 nitrogen and oxygen atoms in total. The number of nitrogens with one attached hydrogen (secondary N) is 1. The summed E-state index contributed by atoms with van der Waals surface area (Å²) in [5, 5.41) is 0. The molecule has 3 aliphatic carbocycles. The molecule has 16 heavy (non-hydrogen) atoms. The van der Waals surface area contributed by atoms with Gasteiger partial charge in [-0.15, -0.1) is 0 Å². The molecule has 0 radical (unpaired) electrons. The van der Waals surface area contributed by atoms with Crippen molar-refractivity contribution in [3.63, 3.8) is 0 Å². The van der Waals surface area contributed by atoms with Crippen LogP contribution < -0.4 is 11.3 Å². The average Bonchev–Trinajstić information content (AvgIpc) is 2.14. The van der Waals surface area contributed by atoms with E-state index in [1.54, 1.807) is 0 Å². The third-order valence-electron chi connectivity index (χ3n) is 4.02. The largest absolute Gasteiger partial charge is 0.271 e. The second kappa shape index (κ2) is 3.02. The molecule has 0 aromatic heterocycles. The van der Waals surface area contributed by atoms with Crippen molar-refractivity contribution in [2.24, 2.45) is 11.3 Å². The minimum Gasteiger partial charge on any atom is -0.271 e. The van der Waals surface area contributed by atoms with Gasteiger partial charge < -0.3 is 0 Å². The first-order chi connectivity index (χ1) is 7.56. The Morgan fingerprint density at radius 2 is 1.94 bits per heavy atom. The summed E-state index contributed by atoms with van der Waals surface area (Å²) in [6.45, 7) is 0. The van der Waals surface area contributed by atoms with Crippen molar-refractivity contribution in [1.29, 1.82) is 0 Å². The Balaban J connectivity index is 1.75. The number of hydrazine groups is 1. The van der Waals surface area contributed by atoms with Crippen LogP contribution in [-0.4, -0.2) is 5.54 Å². The Labute approximate surface area is 92.8 Å². The second-order valence-electron chi connectivity index (χ2n) is 5.37. The van der Waals surface area contributed by atoms with Gasteiger partial charge in [0.2, 0.25) is 0 Å². The lowest BCUT2D eigenvalue weighted by Gasteiger charge is -2.70. The van der Waals surface area contributed by atoms with Gasteiger partial charge >= 0.3 is 0 Å². The lowest BCUT2D eigenvalue weighted by Crippen LogP contribution is -2.75. The van der Waals surface area contributed by atoms with Crippen LogP contribution in [0.2, 0.25) is 0 Å². The summed E-state index contributed by atoms with van der Waals surface area (Å²) in [5.74, 6) is 4.76. The number of hydrogen-bond acceptors (Lipinski definition) is 2. The van der Waals surface area contributed by atoms with Gasteiger partial charge in [-0.1, -0.05) is 0 Å². The van der Waals surface area contributed by atoms with Crippen LogP contribution in [-0.2, 0) is 6.42 Å². The highest BCUT2D eigenvalue weighted by Gasteiger charge is 2.67. The van der Waals surface area contributed by atoms with Crippen LogP contribution in [0.5, 0.6) is 0 Å². The first-order valence-electron chi connectivity index (χ1n) is 5.48. The fraction of sp³-hybridized carbons (Fsp3) is 0.500. The average molecular weight is 224 g/mol. The summed E-state index contributed by atoms with van der Waals surface area (Å²) in [6.07, 6.45) is 3.56. The maximum absolute atomic E-state index is 13.4. The molecule has 4 heteroatoms. The molecule has 2 bridgehead atoms. The van der Waals surface area contributed by atoms with Crippen molar-refractivity contribution in [1.82, 2.24) is 5.43 Å². The topological polar surface area (TPSA) is 38.0 Å². The van der Waals surface area contributed by atoms with Crippen LogP contribution in [0.25, 0.3) is 0 Å². The van der Waals surface area contributed by atoms with Gasteiger partial charge in [-0.05, 0) is 54.9 Å². The zero-order valence-electron chi connectivity index (χ0n) is 8.89. The normalized spacial score (nSPS) is 35.4. The smallest absolute Gasteiger partial charge is 0.126 e. The Morgan fingerprint density at radius 3 is 2.56 bits per heavy atom. The molecular weight excluding hydrogens is 210 g/mol. The van der Waals surface area contributed by atoms with E-state index in [2.05, 4.69) is 5.43 Å². The minimum absolute atomic E-state index is 0.101. The van der Waals surface area contributed by atoms with E-state index in [0.717, 1.165) is 25.3 Å². The molecule has 0 aliphatic heterocycles. The molecule has 1 aromatic rings. The number of benzene rings is 1. The van der Waals surface area contributed by atoms with Crippen LogP contribution in [0.15, 0.2) is 18.2 Å². The van der Waals surface area contributed by atoms with Gasteiger partial charge in [0.15, 0.2) is 0 Å². The summed E-state index contributed by atoms with van der Waals surface area (Å²) in [7, 11) is 0. The number of hydrogen-bond donors (Lipinski definition) is 2. The van der Waals surface area contributed by atoms with Crippen molar-refractivity contribution in [2.45, 2.75) is 31.2 Å². The van der Waals surface area contributed by atoms with Crippen molar-refractivity contribution in [2.75, 3.05) is 0 Å². The van der Waals surface area contributed by atoms with Gasteiger partial charge in [-0.2, -0.15) is 0 Å². The summed E-state index contributed by atoms with van der Waals surface area (Å²) >= 11 is 0. The first-order valence-corrected chi connectivity index (χ1v) is 5.48. The maximum atomic E-state index is 13.4. The van der Waals surface area contributed by atoms with Crippen molar-refractivity contribution >= 4 is 0 Å². The molecule has 3 fully saturated rings. The van der Waals surface area contributed by atoms with Crippen LogP contribution in [0.4, 0.5) is 8.78 Å². The molecular formula is C12H14F2N2. The minimum atomic E-state index is -0.366. The van der Waals surface area contributed by atoms with Gasteiger partial charge in [0.25, 0.3) is 0 Å². The molecule has 86 valence electrons. The van der Waals surface area contributed by atoms with Gasteiger partial charge in [-0.25, -0.2) is 8.78 Å². The van der Waals surface area contributed by atoms with Crippen molar-refractivity contribution in [3.8, 4) is 0 Å². The zero-order chi connectivity index (χ0) is 11.4.